The van der Waals surface area contributed by atoms with Crippen molar-refractivity contribution in [2.75, 3.05) is 24.6 Å². The van der Waals surface area contributed by atoms with E-state index in [9.17, 15) is 0 Å². The zero-order valence-electron chi connectivity index (χ0n) is 10.6. The highest BCUT2D eigenvalue weighted by Gasteiger charge is 2.21. The van der Waals surface area contributed by atoms with Crippen LogP contribution in [0, 0.1) is 5.41 Å². The lowest BCUT2D eigenvalue weighted by Crippen LogP contribution is -2.34. The summed E-state index contributed by atoms with van der Waals surface area (Å²) in [6, 6.07) is 1.73. The summed E-state index contributed by atoms with van der Waals surface area (Å²) in [4.78, 5) is 2.12. The minimum atomic E-state index is 0.0260. The molecule has 1 aliphatic rings. The van der Waals surface area contributed by atoms with Crippen LogP contribution >= 0.6 is 0 Å². The Morgan fingerprint density at radius 2 is 2.50 bits per heavy atom. The lowest BCUT2D eigenvalue weighted by molar-refractivity contribution is 0.0664. The van der Waals surface area contributed by atoms with Crippen molar-refractivity contribution in [3.63, 3.8) is 0 Å². The molecule has 0 saturated carbocycles. The molecule has 2 heterocycles. The average molecular weight is 249 g/mol. The van der Waals surface area contributed by atoms with Gasteiger partial charge in [0, 0.05) is 19.7 Å². The minimum absolute atomic E-state index is 0.0260. The lowest BCUT2D eigenvalue weighted by atomic mass is 10.2. The minimum Gasteiger partial charge on any atom is -0.384 e. The van der Waals surface area contributed by atoms with E-state index in [1.807, 2.05) is 0 Å². The maximum absolute atomic E-state index is 7.60. The van der Waals surface area contributed by atoms with Crippen LogP contribution in [0.3, 0.4) is 0 Å². The summed E-state index contributed by atoms with van der Waals surface area (Å²) >= 11 is 0. The number of ether oxygens (including phenoxy) is 1. The van der Waals surface area contributed by atoms with Crippen molar-refractivity contribution >= 4 is 11.7 Å². The molecule has 1 aliphatic heterocycles. The van der Waals surface area contributed by atoms with Gasteiger partial charge in [0.2, 0.25) is 0 Å². The van der Waals surface area contributed by atoms with Gasteiger partial charge in [0.1, 0.15) is 5.84 Å². The fourth-order valence-electron chi connectivity index (χ4n) is 2.10. The van der Waals surface area contributed by atoms with Crippen LogP contribution in [-0.4, -0.2) is 41.8 Å². The van der Waals surface area contributed by atoms with E-state index in [4.69, 9.17) is 15.9 Å². The van der Waals surface area contributed by atoms with Gasteiger partial charge >= 0.3 is 0 Å². The molecule has 6 heteroatoms. The summed E-state index contributed by atoms with van der Waals surface area (Å²) in [6.45, 7) is 4.51. The third kappa shape index (κ3) is 2.76. The molecule has 1 unspecified atom stereocenters. The average Bonchev–Trinajstić information content (AvgIpc) is 2.64. The van der Waals surface area contributed by atoms with Crippen molar-refractivity contribution in [2.24, 2.45) is 5.73 Å². The highest BCUT2D eigenvalue weighted by Crippen LogP contribution is 2.19. The maximum atomic E-state index is 7.60. The fourth-order valence-corrected chi connectivity index (χ4v) is 2.10. The number of aromatic nitrogens is 2. The van der Waals surface area contributed by atoms with Crippen molar-refractivity contribution < 1.29 is 4.74 Å². The Morgan fingerprint density at radius 3 is 3.22 bits per heavy atom. The van der Waals surface area contributed by atoms with Gasteiger partial charge in [-0.2, -0.15) is 5.10 Å². The molecule has 0 spiro atoms. The van der Waals surface area contributed by atoms with Crippen LogP contribution in [0.1, 0.15) is 25.3 Å². The predicted octanol–water partition coefficient (Wildman–Crippen LogP) is 0.766. The van der Waals surface area contributed by atoms with Crippen LogP contribution < -0.4 is 10.6 Å². The zero-order chi connectivity index (χ0) is 13.0. The van der Waals surface area contributed by atoms with Crippen LogP contribution in [0.25, 0.3) is 0 Å². The molecular formula is C12H19N5O. The largest absolute Gasteiger partial charge is 0.384 e. The number of nitrogens with two attached hydrogens (primary N) is 1. The second kappa shape index (κ2) is 5.77. The number of hydrogen-bond acceptors (Lipinski definition) is 5. The number of amidine groups is 1. The number of nitrogens with zero attached hydrogens (tertiary/aromatic N) is 3. The Balaban J connectivity index is 2.26. The highest BCUT2D eigenvalue weighted by molar-refractivity contribution is 5.99. The summed E-state index contributed by atoms with van der Waals surface area (Å²) in [5.41, 5.74) is 6.23. The molecular weight excluding hydrogens is 230 g/mol. The Kier molecular flexibility index (Phi) is 4.09. The zero-order valence-corrected chi connectivity index (χ0v) is 10.6. The van der Waals surface area contributed by atoms with Crippen molar-refractivity contribution in [1.29, 1.82) is 5.41 Å². The van der Waals surface area contributed by atoms with E-state index in [0.717, 1.165) is 32.5 Å². The molecule has 2 rings (SSSR count). The van der Waals surface area contributed by atoms with Crippen LogP contribution in [0.15, 0.2) is 12.3 Å². The van der Waals surface area contributed by atoms with Crippen molar-refractivity contribution in [3.8, 4) is 0 Å². The first-order valence-corrected chi connectivity index (χ1v) is 6.25. The van der Waals surface area contributed by atoms with E-state index in [1.165, 1.54) is 0 Å². The molecule has 0 aromatic carbocycles. The van der Waals surface area contributed by atoms with Gasteiger partial charge in [0.15, 0.2) is 5.82 Å². The third-order valence-corrected chi connectivity index (χ3v) is 3.10. The summed E-state index contributed by atoms with van der Waals surface area (Å²) in [5.74, 6) is 0.715. The molecule has 1 atom stereocenters. The molecule has 0 bridgehead atoms. The lowest BCUT2D eigenvalue weighted by Gasteiger charge is -2.25. The number of nitrogens with one attached hydrogen (secondary N) is 1. The summed E-state index contributed by atoms with van der Waals surface area (Å²) in [5, 5.41) is 15.6. The van der Waals surface area contributed by atoms with Crippen molar-refractivity contribution in [2.45, 2.75) is 25.9 Å². The molecule has 0 amide bonds. The molecule has 3 N–H and O–H groups in total. The van der Waals surface area contributed by atoms with Gasteiger partial charge in [0.25, 0.3) is 0 Å². The molecule has 6 nitrogen and oxygen atoms in total. The molecule has 98 valence electrons. The standard InChI is InChI=1S/C12H19N5O/c1-2-9-8-17(6-3-7-18-9)12-10(11(13)14)4-5-15-16-12/h4-5,9H,2-3,6-8H2,1H3,(H3,13,14). The van der Waals surface area contributed by atoms with Gasteiger partial charge in [-0.3, -0.25) is 5.41 Å². The van der Waals surface area contributed by atoms with Gasteiger partial charge in [-0.05, 0) is 18.9 Å². The first-order chi connectivity index (χ1) is 8.72. The Labute approximate surface area is 107 Å². The fraction of sp³-hybridized carbons (Fsp3) is 0.583. The van der Waals surface area contributed by atoms with E-state index in [2.05, 4.69) is 22.0 Å². The summed E-state index contributed by atoms with van der Waals surface area (Å²) < 4.78 is 5.73. The Bertz CT molecular complexity index is 423. The molecule has 1 fully saturated rings. The molecule has 1 aromatic rings. The van der Waals surface area contributed by atoms with Crippen LogP contribution in [0.5, 0.6) is 0 Å². The first-order valence-electron chi connectivity index (χ1n) is 6.25. The smallest absolute Gasteiger partial charge is 0.162 e. The van der Waals surface area contributed by atoms with Crippen LogP contribution in [0.4, 0.5) is 5.82 Å². The molecule has 18 heavy (non-hydrogen) atoms. The van der Waals surface area contributed by atoms with Crippen LogP contribution in [0.2, 0.25) is 0 Å². The quantitative estimate of drug-likeness (QED) is 0.610. The van der Waals surface area contributed by atoms with E-state index >= 15 is 0 Å². The van der Waals surface area contributed by atoms with E-state index in [-0.39, 0.29) is 11.9 Å². The van der Waals surface area contributed by atoms with Gasteiger partial charge in [-0.15, -0.1) is 5.10 Å². The topological polar surface area (TPSA) is 88.1 Å². The molecule has 0 aliphatic carbocycles. The van der Waals surface area contributed by atoms with E-state index in [0.29, 0.717) is 11.4 Å². The van der Waals surface area contributed by atoms with Crippen LogP contribution in [-0.2, 0) is 4.74 Å². The van der Waals surface area contributed by atoms with Gasteiger partial charge < -0.3 is 15.4 Å². The third-order valence-electron chi connectivity index (χ3n) is 3.10. The molecule has 0 radical (unpaired) electrons. The second-order valence-corrected chi connectivity index (χ2v) is 4.38. The van der Waals surface area contributed by atoms with Gasteiger partial charge in [0.05, 0.1) is 17.9 Å². The van der Waals surface area contributed by atoms with Crippen molar-refractivity contribution in [1.82, 2.24) is 10.2 Å². The predicted molar refractivity (Wildman–Crippen MR) is 69.9 cm³/mol. The summed E-state index contributed by atoms with van der Waals surface area (Å²) in [7, 11) is 0. The first kappa shape index (κ1) is 12.8. The van der Waals surface area contributed by atoms with Gasteiger partial charge in [-0.1, -0.05) is 6.92 Å². The molecule has 1 saturated heterocycles. The highest BCUT2D eigenvalue weighted by atomic mass is 16.5. The monoisotopic (exact) mass is 249 g/mol. The van der Waals surface area contributed by atoms with E-state index < -0.39 is 0 Å². The summed E-state index contributed by atoms with van der Waals surface area (Å²) in [6.07, 6.45) is 3.68. The normalized spacial score (nSPS) is 20.5. The second-order valence-electron chi connectivity index (χ2n) is 4.38. The SMILES string of the molecule is CCC1CN(c2nnccc2C(=N)N)CCCO1. The molecule has 1 aromatic heterocycles. The van der Waals surface area contributed by atoms with Crippen molar-refractivity contribution in [3.05, 3.63) is 17.8 Å². The Hall–Kier alpha value is -1.69. The number of rotatable bonds is 3. The number of nitrogen functional groups attached to an aromatic ring is 1. The number of hydrogen-bond donors (Lipinski definition) is 2. The number of anilines is 1. The van der Waals surface area contributed by atoms with E-state index in [1.54, 1.807) is 12.3 Å². The maximum Gasteiger partial charge on any atom is 0.162 e. The van der Waals surface area contributed by atoms with Gasteiger partial charge in [-0.25, -0.2) is 0 Å². The Morgan fingerprint density at radius 1 is 1.67 bits per heavy atom.